The van der Waals surface area contributed by atoms with Crippen LogP contribution in [0.5, 0.6) is 0 Å². The number of para-hydroxylation sites is 1. The van der Waals surface area contributed by atoms with Gasteiger partial charge in [-0.1, -0.05) is 146 Å². The largest absolute Gasteiger partial charge is 0.311 e. The highest BCUT2D eigenvalue weighted by molar-refractivity contribution is 7.00. The second kappa shape index (κ2) is 13.6. The van der Waals surface area contributed by atoms with E-state index in [1.807, 2.05) is 0 Å². The minimum absolute atomic E-state index is 0.959. The van der Waals surface area contributed by atoms with Crippen molar-refractivity contribution in [3.05, 3.63) is 210 Å². The lowest BCUT2D eigenvalue weighted by Crippen LogP contribution is -2.10. The average Bonchev–Trinajstić information content (AvgIpc) is 3.68. The average molecular weight is 648 g/mol. The summed E-state index contributed by atoms with van der Waals surface area (Å²) in [4.78, 5) is 2.31. The summed E-state index contributed by atoms with van der Waals surface area (Å²) in [5, 5.41) is 0. The van der Waals surface area contributed by atoms with E-state index in [-0.39, 0.29) is 0 Å². The van der Waals surface area contributed by atoms with E-state index in [9.17, 15) is 0 Å². The van der Waals surface area contributed by atoms with Gasteiger partial charge in [-0.25, -0.2) is 0 Å². The fourth-order valence-corrected chi connectivity index (χ4v) is 7.16. The zero-order chi connectivity index (χ0) is 33.0. The van der Waals surface area contributed by atoms with Crippen molar-refractivity contribution in [1.29, 1.82) is 0 Å². The summed E-state index contributed by atoms with van der Waals surface area (Å²) < 4.78 is 9.15. The summed E-state index contributed by atoms with van der Waals surface area (Å²) in [6, 6.07) is 64.7. The molecule has 0 aliphatic rings. The second-order valence-electron chi connectivity index (χ2n) is 12.0. The van der Waals surface area contributed by atoms with Crippen molar-refractivity contribution >= 4 is 51.0 Å². The fourth-order valence-electron chi connectivity index (χ4n) is 6.54. The molecule has 8 aromatic rings. The summed E-state index contributed by atoms with van der Waals surface area (Å²) in [6.07, 6.45) is 0. The summed E-state index contributed by atoms with van der Waals surface area (Å²) in [7, 11) is 0. The number of rotatable bonds is 8. The van der Waals surface area contributed by atoms with Crippen LogP contribution in [0.2, 0.25) is 0 Å². The zero-order valence-corrected chi connectivity index (χ0v) is 27.9. The van der Waals surface area contributed by atoms with Crippen LogP contribution in [-0.4, -0.2) is 8.75 Å². The van der Waals surface area contributed by atoms with Crippen molar-refractivity contribution in [2.24, 2.45) is 0 Å². The van der Waals surface area contributed by atoms with Gasteiger partial charge in [0.15, 0.2) is 0 Å². The van der Waals surface area contributed by atoms with Gasteiger partial charge >= 0.3 is 0 Å². The highest BCUT2D eigenvalue weighted by Crippen LogP contribution is 2.40. The molecule has 234 valence electrons. The molecule has 0 saturated heterocycles. The van der Waals surface area contributed by atoms with E-state index in [1.54, 1.807) is 0 Å². The van der Waals surface area contributed by atoms with Crippen molar-refractivity contribution < 1.29 is 0 Å². The van der Waals surface area contributed by atoms with Gasteiger partial charge in [-0.05, 0) is 87.8 Å². The molecule has 7 aromatic carbocycles. The Morgan fingerprint density at radius 1 is 0.408 bits per heavy atom. The van der Waals surface area contributed by atoms with Gasteiger partial charge in [0.25, 0.3) is 0 Å². The molecule has 0 fully saturated rings. The Balaban J connectivity index is 1.24. The molecule has 0 saturated carbocycles. The molecule has 1 heterocycles. The summed E-state index contributed by atoms with van der Waals surface area (Å²) in [5.74, 6) is 0. The van der Waals surface area contributed by atoms with Gasteiger partial charge < -0.3 is 4.90 Å². The Kier molecular flexibility index (Phi) is 8.37. The zero-order valence-electron chi connectivity index (χ0n) is 27.1. The lowest BCUT2D eigenvalue weighted by atomic mass is 9.86. The predicted octanol–water partition coefficient (Wildman–Crippen LogP) is 12.1. The fraction of sp³-hybridized carbons (Fsp3) is 0.0222. The minimum Gasteiger partial charge on any atom is -0.311 e. The number of benzene rings is 7. The van der Waals surface area contributed by atoms with E-state index < -0.39 is 0 Å². The number of fused-ring (bicyclic) bond motifs is 1. The second-order valence-corrected chi connectivity index (χ2v) is 12.5. The van der Waals surface area contributed by atoms with Gasteiger partial charge in [0, 0.05) is 22.6 Å². The van der Waals surface area contributed by atoms with Gasteiger partial charge in [-0.15, -0.1) is 0 Å². The molecule has 0 bridgehead atoms. The number of aromatic nitrogens is 2. The van der Waals surface area contributed by atoms with Gasteiger partial charge in [0.1, 0.15) is 11.0 Å². The molecular weight excluding hydrogens is 615 g/mol. The van der Waals surface area contributed by atoms with Crippen LogP contribution in [0.15, 0.2) is 182 Å². The molecule has 0 atom stereocenters. The van der Waals surface area contributed by atoms with Crippen LogP contribution in [0.3, 0.4) is 0 Å². The first-order valence-electron chi connectivity index (χ1n) is 16.4. The molecule has 49 heavy (non-hydrogen) atoms. The first-order valence-corrected chi connectivity index (χ1v) is 17.2. The molecule has 0 radical (unpaired) electrons. The van der Waals surface area contributed by atoms with E-state index in [2.05, 4.69) is 203 Å². The summed E-state index contributed by atoms with van der Waals surface area (Å²) in [6.45, 7) is 2.09. The van der Waals surface area contributed by atoms with E-state index in [0.29, 0.717) is 0 Å². The number of nitrogens with zero attached hydrogens (tertiary/aromatic N) is 3. The maximum atomic E-state index is 4.62. The molecule has 0 aliphatic carbocycles. The van der Waals surface area contributed by atoms with Gasteiger partial charge in [0.2, 0.25) is 0 Å². The standard InChI is InChI=1S/C45H33N3S/c1-32-22-31-41(45-44(32)46-49-47-45)33-23-27-39(28-24-33)48(38-20-12-5-13-21-38)40-29-25-37(26-30-40)43(36-18-10-4-11-19-36)42(34-14-6-2-7-15-34)35-16-8-3-9-17-35/h2-31H,1H3. The molecule has 0 spiro atoms. The van der Waals surface area contributed by atoms with Crippen LogP contribution in [-0.2, 0) is 0 Å². The van der Waals surface area contributed by atoms with E-state index in [0.717, 1.165) is 50.3 Å². The van der Waals surface area contributed by atoms with Crippen molar-refractivity contribution in [3.63, 3.8) is 0 Å². The highest BCUT2D eigenvalue weighted by Gasteiger charge is 2.18. The van der Waals surface area contributed by atoms with Crippen molar-refractivity contribution in [3.8, 4) is 11.1 Å². The Hall–Kier alpha value is -6.10. The Bertz CT molecular complexity index is 2310. The first-order chi connectivity index (χ1) is 24.2. The molecule has 0 unspecified atom stereocenters. The van der Waals surface area contributed by atoms with Gasteiger partial charge in [-0.2, -0.15) is 8.75 Å². The molecule has 0 amide bonds. The van der Waals surface area contributed by atoms with Crippen LogP contribution < -0.4 is 4.90 Å². The van der Waals surface area contributed by atoms with Crippen LogP contribution >= 0.6 is 11.7 Å². The topological polar surface area (TPSA) is 29.0 Å². The van der Waals surface area contributed by atoms with Crippen LogP contribution in [0.4, 0.5) is 17.1 Å². The maximum absolute atomic E-state index is 4.62. The monoisotopic (exact) mass is 647 g/mol. The van der Waals surface area contributed by atoms with Crippen LogP contribution in [0, 0.1) is 6.92 Å². The van der Waals surface area contributed by atoms with Crippen molar-refractivity contribution in [1.82, 2.24) is 8.75 Å². The molecule has 8 rings (SSSR count). The minimum atomic E-state index is 0.959. The quantitative estimate of drug-likeness (QED) is 0.154. The lowest BCUT2D eigenvalue weighted by molar-refractivity contribution is 1.28. The number of hydrogen-bond acceptors (Lipinski definition) is 4. The molecule has 0 aliphatic heterocycles. The van der Waals surface area contributed by atoms with Crippen LogP contribution in [0.1, 0.15) is 27.8 Å². The third kappa shape index (κ3) is 6.06. The number of aryl methyl sites for hydroxylation is 1. The molecule has 3 nitrogen and oxygen atoms in total. The number of hydrogen-bond donors (Lipinski definition) is 0. The normalized spacial score (nSPS) is 11.0. The van der Waals surface area contributed by atoms with Crippen molar-refractivity contribution in [2.75, 3.05) is 4.90 Å². The SMILES string of the molecule is Cc1ccc(-c2ccc(N(c3ccccc3)c3ccc(C(=C(c4ccccc4)c4ccccc4)c4ccccc4)cc3)cc2)c2nsnc12. The Morgan fingerprint density at radius 2 is 0.816 bits per heavy atom. The summed E-state index contributed by atoms with van der Waals surface area (Å²) >= 11 is 1.27. The Labute approximate surface area is 291 Å². The van der Waals surface area contributed by atoms with E-state index in [1.165, 1.54) is 39.6 Å². The van der Waals surface area contributed by atoms with Crippen molar-refractivity contribution in [2.45, 2.75) is 6.92 Å². The molecular formula is C45H33N3S. The summed E-state index contributed by atoms with van der Waals surface area (Å²) in [5.41, 5.74) is 15.7. The predicted molar refractivity (Wildman–Crippen MR) is 207 cm³/mol. The third-order valence-electron chi connectivity index (χ3n) is 8.92. The lowest BCUT2D eigenvalue weighted by Gasteiger charge is -2.26. The maximum Gasteiger partial charge on any atom is 0.112 e. The Morgan fingerprint density at radius 3 is 1.33 bits per heavy atom. The third-order valence-corrected chi connectivity index (χ3v) is 9.45. The van der Waals surface area contributed by atoms with Gasteiger partial charge in [-0.3, -0.25) is 0 Å². The smallest absolute Gasteiger partial charge is 0.112 e. The molecule has 1 aromatic heterocycles. The van der Waals surface area contributed by atoms with Gasteiger partial charge in [0.05, 0.1) is 11.7 Å². The van der Waals surface area contributed by atoms with Crippen LogP contribution in [0.25, 0.3) is 33.3 Å². The van der Waals surface area contributed by atoms with E-state index in [4.69, 9.17) is 0 Å². The molecule has 4 heteroatoms. The molecule has 0 N–H and O–H groups in total. The number of anilines is 3. The van der Waals surface area contributed by atoms with E-state index >= 15 is 0 Å². The first kappa shape index (κ1) is 30.2. The highest BCUT2D eigenvalue weighted by atomic mass is 32.1.